The SMILES string of the molecule is CC(C)NCc1coc2cccc(C(=O)O)c12. The molecule has 1 aromatic heterocycles. The lowest BCUT2D eigenvalue weighted by Crippen LogP contribution is -2.21. The van der Waals surface area contributed by atoms with Gasteiger partial charge in [0.2, 0.25) is 0 Å². The second kappa shape index (κ2) is 4.59. The number of aromatic carboxylic acids is 1. The predicted molar refractivity (Wildman–Crippen MR) is 65.1 cm³/mol. The van der Waals surface area contributed by atoms with Crippen LogP contribution in [0.25, 0.3) is 11.0 Å². The molecule has 0 amide bonds. The lowest BCUT2D eigenvalue weighted by molar-refractivity contribution is 0.0699. The number of rotatable bonds is 4. The minimum atomic E-state index is -0.928. The molecule has 0 saturated heterocycles. The first-order chi connectivity index (χ1) is 8.09. The lowest BCUT2D eigenvalue weighted by Gasteiger charge is -2.07. The molecule has 1 heterocycles. The molecule has 0 unspecified atom stereocenters. The summed E-state index contributed by atoms with van der Waals surface area (Å²) in [5.41, 5.74) is 1.79. The highest BCUT2D eigenvalue weighted by Crippen LogP contribution is 2.25. The van der Waals surface area contributed by atoms with Gasteiger partial charge in [0.05, 0.1) is 11.8 Å². The van der Waals surface area contributed by atoms with Crippen molar-refractivity contribution in [1.82, 2.24) is 5.32 Å². The third kappa shape index (κ3) is 2.31. The van der Waals surface area contributed by atoms with E-state index in [4.69, 9.17) is 9.52 Å². The van der Waals surface area contributed by atoms with Gasteiger partial charge in [0.25, 0.3) is 0 Å². The summed E-state index contributed by atoms with van der Waals surface area (Å²) in [5.74, 6) is -0.928. The summed E-state index contributed by atoms with van der Waals surface area (Å²) in [4.78, 5) is 11.1. The molecule has 0 aliphatic rings. The largest absolute Gasteiger partial charge is 0.478 e. The Kier molecular flexibility index (Phi) is 3.15. The molecule has 0 saturated carbocycles. The van der Waals surface area contributed by atoms with Crippen LogP contribution in [0.4, 0.5) is 0 Å². The van der Waals surface area contributed by atoms with E-state index in [0.717, 1.165) is 5.56 Å². The summed E-state index contributed by atoms with van der Waals surface area (Å²) in [6.07, 6.45) is 1.62. The van der Waals surface area contributed by atoms with Gasteiger partial charge in [-0.15, -0.1) is 0 Å². The molecular weight excluding hydrogens is 218 g/mol. The average molecular weight is 233 g/mol. The minimum absolute atomic E-state index is 0.289. The summed E-state index contributed by atoms with van der Waals surface area (Å²) in [7, 11) is 0. The van der Waals surface area contributed by atoms with E-state index in [1.54, 1.807) is 24.5 Å². The third-order valence-electron chi connectivity index (χ3n) is 2.61. The highest BCUT2D eigenvalue weighted by molar-refractivity contribution is 6.03. The van der Waals surface area contributed by atoms with Crippen molar-refractivity contribution in [2.45, 2.75) is 26.4 Å². The molecule has 0 radical (unpaired) electrons. The van der Waals surface area contributed by atoms with Crippen LogP contribution in [0.2, 0.25) is 0 Å². The highest BCUT2D eigenvalue weighted by atomic mass is 16.4. The predicted octanol–water partition coefficient (Wildman–Crippen LogP) is 2.63. The quantitative estimate of drug-likeness (QED) is 0.852. The summed E-state index contributed by atoms with van der Waals surface area (Å²) in [6.45, 7) is 4.69. The van der Waals surface area contributed by atoms with Gasteiger partial charge in [0.1, 0.15) is 5.58 Å². The van der Waals surface area contributed by atoms with Gasteiger partial charge in [-0.2, -0.15) is 0 Å². The molecular formula is C13H15NO3. The number of furan rings is 1. The highest BCUT2D eigenvalue weighted by Gasteiger charge is 2.14. The molecule has 90 valence electrons. The molecule has 0 fully saturated rings. The summed E-state index contributed by atoms with van der Waals surface area (Å²) >= 11 is 0. The van der Waals surface area contributed by atoms with Crippen LogP contribution in [0.3, 0.4) is 0 Å². The molecule has 17 heavy (non-hydrogen) atoms. The zero-order valence-electron chi connectivity index (χ0n) is 9.86. The van der Waals surface area contributed by atoms with Crippen molar-refractivity contribution < 1.29 is 14.3 Å². The molecule has 0 aliphatic carbocycles. The maximum absolute atomic E-state index is 11.1. The molecule has 1 aromatic carbocycles. The van der Waals surface area contributed by atoms with Crippen molar-refractivity contribution in [3.63, 3.8) is 0 Å². The Balaban J connectivity index is 2.46. The molecule has 4 heteroatoms. The second-order valence-corrected chi connectivity index (χ2v) is 4.28. The van der Waals surface area contributed by atoms with Crippen molar-refractivity contribution in [2.75, 3.05) is 0 Å². The monoisotopic (exact) mass is 233 g/mol. The third-order valence-corrected chi connectivity index (χ3v) is 2.61. The van der Waals surface area contributed by atoms with Crippen molar-refractivity contribution in [2.24, 2.45) is 0 Å². The van der Waals surface area contributed by atoms with Crippen LogP contribution in [0.1, 0.15) is 29.8 Å². The maximum atomic E-state index is 11.1. The molecule has 0 spiro atoms. The Bertz CT molecular complexity index is 543. The zero-order valence-corrected chi connectivity index (χ0v) is 9.86. The van der Waals surface area contributed by atoms with E-state index in [1.807, 2.05) is 13.8 Å². The van der Waals surface area contributed by atoms with Gasteiger partial charge in [0, 0.05) is 23.5 Å². The first kappa shape index (κ1) is 11.7. The van der Waals surface area contributed by atoms with Crippen LogP contribution in [0.15, 0.2) is 28.9 Å². The normalized spacial score (nSPS) is 11.2. The number of hydrogen-bond donors (Lipinski definition) is 2. The van der Waals surface area contributed by atoms with Crippen LogP contribution in [0.5, 0.6) is 0 Å². The van der Waals surface area contributed by atoms with Gasteiger partial charge >= 0.3 is 5.97 Å². The summed E-state index contributed by atoms with van der Waals surface area (Å²) in [5, 5.41) is 13.1. The van der Waals surface area contributed by atoms with Crippen LogP contribution >= 0.6 is 0 Å². The van der Waals surface area contributed by atoms with E-state index < -0.39 is 5.97 Å². The molecule has 2 rings (SSSR count). The van der Waals surface area contributed by atoms with E-state index in [2.05, 4.69) is 5.32 Å². The fourth-order valence-electron chi connectivity index (χ4n) is 1.78. The first-order valence-corrected chi connectivity index (χ1v) is 5.55. The zero-order chi connectivity index (χ0) is 12.4. The van der Waals surface area contributed by atoms with Crippen LogP contribution < -0.4 is 5.32 Å². The number of hydrogen-bond acceptors (Lipinski definition) is 3. The fraction of sp³-hybridized carbons (Fsp3) is 0.308. The molecule has 0 bridgehead atoms. The number of nitrogens with one attached hydrogen (secondary N) is 1. The summed E-state index contributed by atoms with van der Waals surface area (Å²) in [6, 6.07) is 5.41. The Morgan fingerprint density at radius 3 is 2.88 bits per heavy atom. The van der Waals surface area contributed by atoms with Crippen molar-refractivity contribution in [3.05, 3.63) is 35.6 Å². The standard InChI is InChI=1S/C13H15NO3/c1-8(2)14-6-9-7-17-11-5-3-4-10(12(9)11)13(15)16/h3-5,7-8,14H,6H2,1-2H3,(H,15,16). The number of carbonyl (C=O) groups is 1. The second-order valence-electron chi connectivity index (χ2n) is 4.28. The maximum Gasteiger partial charge on any atom is 0.336 e. The van der Waals surface area contributed by atoms with Gasteiger partial charge in [-0.1, -0.05) is 19.9 Å². The average Bonchev–Trinajstić information content (AvgIpc) is 2.69. The van der Waals surface area contributed by atoms with Gasteiger partial charge in [-0.25, -0.2) is 4.79 Å². The van der Waals surface area contributed by atoms with E-state index in [9.17, 15) is 4.79 Å². The molecule has 0 aliphatic heterocycles. The molecule has 4 nitrogen and oxygen atoms in total. The van der Waals surface area contributed by atoms with Gasteiger partial charge < -0.3 is 14.8 Å². The van der Waals surface area contributed by atoms with Crippen LogP contribution in [-0.2, 0) is 6.54 Å². The van der Waals surface area contributed by atoms with E-state index >= 15 is 0 Å². The fourth-order valence-corrected chi connectivity index (χ4v) is 1.78. The Morgan fingerprint density at radius 1 is 1.47 bits per heavy atom. The summed E-state index contributed by atoms with van der Waals surface area (Å²) < 4.78 is 5.37. The van der Waals surface area contributed by atoms with Crippen molar-refractivity contribution in [1.29, 1.82) is 0 Å². The number of carboxylic acids is 1. The number of benzene rings is 1. The van der Waals surface area contributed by atoms with Gasteiger partial charge in [-0.05, 0) is 12.1 Å². The Hall–Kier alpha value is -1.81. The minimum Gasteiger partial charge on any atom is -0.478 e. The first-order valence-electron chi connectivity index (χ1n) is 5.55. The number of carboxylic acid groups (broad SMARTS) is 1. The smallest absolute Gasteiger partial charge is 0.336 e. The molecule has 2 aromatic rings. The van der Waals surface area contributed by atoms with E-state index in [0.29, 0.717) is 23.6 Å². The van der Waals surface area contributed by atoms with Crippen LogP contribution in [0, 0.1) is 0 Å². The van der Waals surface area contributed by atoms with Crippen molar-refractivity contribution >= 4 is 16.9 Å². The van der Waals surface area contributed by atoms with E-state index in [1.165, 1.54) is 0 Å². The molecule has 2 N–H and O–H groups in total. The Morgan fingerprint density at radius 2 is 2.24 bits per heavy atom. The van der Waals surface area contributed by atoms with Crippen molar-refractivity contribution in [3.8, 4) is 0 Å². The van der Waals surface area contributed by atoms with Gasteiger partial charge in [-0.3, -0.25) is 0 Å². The van der Waals surface area contributed by atoms with Crippen LogP contribution in [-0.4, -0.2) is 17.1 Å². The lowest BCUT2D eigenvalue weighted by atomic mass is 10.1. The Labute approximate surface area is 99.2 Å². The topological polar surface area (TPSA) is 62.5 Å². The number of fused-ring (bicyclic) bond motifs is 1. The van der Waals surface area contributed by atoms with E-state index in [-0.39, 0.29) is 5.56 Å². The molecule has 0 atom stereocenters. The van der Waals surface area contributed by atoms with Gasteiger partial charge in [0.15, 0.2) is 0 Å².